The third-order valence-electron chi connectivity index (χ3n) is 2.99. The average Bonchev–Trinajstić information content (AvgIpc) is 2.68. The van der Waals surface area contributed by atoms with E-state index < -0.39 is 0 Å². The first-order valence-corrected chi connectivity index (χ1v) is 6.14. The van der Waals surface area contributed by atoms with E-state index in [2.05, 4.69) is 0 Å². The number of hydrogen-bond donors (Lipinski definition) is 2. The van der Waals surface area contributed by atoms with Crippen molar-refractivity contribution in [2.24, 2.45) is 12.8 Å². The lowest BCUT2D eigenvalue weighted by Gasteiger charge is -2.09. The minimum absolute atomic E-state index is 0.00600. The second kappa shape index (κ2) is 6.57. The van der Waals surface area contributed by atoms with Crippen molar-refractivity contribution in [1.29, 1.82) is 0 Å². The number of aromatic nitrogens is 1. The highest BCUT2D eigenvalue weighted by molar-refractivity contribution is 5.94. The number of Topliss-reactive ketones (excluding diaryl/α,β-unsaturated/α-hetero) is 1. The molecule has 0 aliphatic heterocycles. The van der Waals surface area contributed by atoms with Gasteiger partial charge in [0, 0.05) is 25.2 Å². The third kappa shape index (κ3) is 3.68. The normalized spacial score (nSPS) is 12.7. The Labute approximate surface area is 102 Å². The van der Waals surface area contributed by atoms with Gasteiger partial charge in [0.2, 0.25) is 0 Å². The molecule has 0 fully saturated rings. The smallest absolute Gasteiger partial charge is 0.179 e. The molecule has 3 N–H and O–H groups in total. The molecule has 1 rings (SSSR count). The van der Waals surface area contributed by atoms with E-state index in [9.17, 15) is 4.79 Å². The minimum Gasteiger partial charge on any atom is -0.395 e. The van der Waals surface area contributed by atoms with Crippen molar-refractivity contribution in [3.05, 3.63) is 23.5 Å². The Hall–Kier alpha value is -1.13. The molecule has 0 aliphatic carbocycles. The van der Waals surface area contributed by atoms with Gasteiger partial charge in [0.25, 0.3) is 0 Å². The van der Waals surface area contributed by atoms with E-state index in [0.717, 1.165) is 30.7 Å². The first kappa shape index (κ1) is 13.9. The Kier molecular flexibility index (Phi) is 5.38. The van der Waals surface area contributed by atoms with Crippen molar-refractivity contribution in [2.45, 2.75) is 38.6 Å². The van der Waals surface area contributed by atoms with Crippen LogP contribution in [-0.4, -0.2) is 28.1 Å². The molecule has 0 radical (unpaired) electrons. The largest absolute Gasteiger partial charge is 0.395 e. The Morgan fingerprint density at radius 1 is 1.53 bits per heavy atom. The van der Waals surface area contributed by atoms with Crippen LogP contribution in [0.1, 0.15) is 42.4 Å². The maximum Gasteiger partial charge on any atom is 0.179 e. The van der Waals surface area contributed by atoms with Gasteiger partial charge in [0.15, 0.2) is 5.78 Å². The lowest BCUT2D eigenvalue weighted by atomic mass is 10.1. The van der Waals surface area contributed by atoms with Gasteiger partial charge in [-0.25, -0.2) is 0 Å². The van der Waals surface area contributed by atoms with Crippen LogP contribution in [0.2, 0.25) is 0 Å². The standard InChI is InChI=1S/C13H22N2O2/c1-3-4-13(17)12-8-7-11(15(12)2)6-5-10(14)9-16/h7-8,10,16H,3-6,9,14H2,1-2H3/t10-/m1/s1. The molecule has 1 atom stereocenters. The zero-order chi connectivity index (χ0) is 12.8. The summed E-state index contributed by atoms with van der Waals surface area (Å²) in [5.74, 6) is 0.188. The minimum atomic E-state index is -0.181. The highest BCUT2D eigenvalue weighted by Crippen LogP contribution is 2.12. The maximum atomic E-state index is 11.8. The van der Waals surface area contributed by atoms with Crippen LogP contribution in [0.4, 0.5) is 0 Å². The van der Waals surface area contributed by atoms with Gasteiger partial charge in [-0.05, 0) is 31.4 Å². The highest BCUT2D eigenvalue weighted by atomic mass is 16.3. The SMILES string of the molecule is CCCC(=O)c1ccc(CC[C@@H](N)CO)n1C. The zero-order valence-electron chi connectivity index (χ0n) is 10.6. The summed E-state index contributed by atoms with van der Waals surface area (Å²) in [6.45, 7) is 2.01. The number of ketones is 1. The predicted molar refractivity (Wildman–Crippen MR) is 68.0 cm³/mol. The van der Waals surface area contributed by atoms with Gasteiger partial charge in [-0.3, -0.25) is 4.79 Å². The van der Waals surface area contributed by atoms with Crippen LogP contribution in [0.25, 0.3) is 0 Å². The van der Waals surface area contributed by atoms with Crippen LogP contribution in [0.3, 0.4) is 0 Å². The van der Waals surface area contributed by atoms with Gasteiger partial charge in [0.1, 0.15) is 0 Å². The first-order valence-electron chi connectivity index (χ1n) is 6.14. The van der Waals surface area contributed by atoms with Crippen molar-refractivity contribution in [3.8, 4) is 0 Å². The number of nitrogens with two attached hydrogens (primary N) is 1. The van der Waals surface area contributed by atoms with E-state index >= 15 is 0 Å². The molecule has 1 aromatic heterocycles. The Morgan fingerprint density at radius 3 is 2.82 bits per heavy atom. The fourth-order valence-electron chi connectivity index (χ4n) is 1.86. The lowest BCUT2D eigenvalue weighted by Crippen LogP contribution is -2.25. The third-order valence-corrected chi connectivity index (χ3v) is 2.99. The van der Waals surface area contributed by atoms with Gasteiger partial charge in [-0.2, -0.15) is 0 Å². The van der Waals surface area contributed by atoms with Crippen molar-refractivity contribution in [1.82, 2.24) is 4.57 Å². The molecule has 0 aliphatic rings. The Bertz CT molecular complexity index is 371. The van der Waals surface area contributed by atoms with Crippen LogP contribution in [0.15, 0.2) is 12.1 Å². The number of carbonyl (C=O) groups excluding carboxylic acids is 1. The van der Waals surface area contributed by atoms with Crippen LogP contribution in [0, 0.1) is 0 Å². The van der Waals surface area contributed by atoms with Gasteiger partial charge >= 0.3 is 0 Å². The first-order chi connectivity index (χ1) is 8.10. The average molecular weight is 238 g/mol. The predicted octanol–water partition coefficient (Wildman–Crippen LogP) is 1.26. The Balaban J connectivity index is 2.67. The Morgan fingerprint density at radius 2 is 2.24 bits per heavy atom. The van der Waals surface area contributed by atoms with E-state index in [1.54, 1.807) is 0 Å². The quantitative estimate of drug-likeness (QED) is 0.703. The van der Waals surface area contributed by atoms with Gasteiger partial charge < -0.3 is 15.4 Å². The second-order valence-electron chi connectivity index (χ2n) is 4.42. The summed E-state index contributed by atoms with van der Waals surface area (Å²) in [5, 5.41) is 8.86. The summed E-state index contributed by atoms with van der Waals surface area (Å²) in [7, 11) is 1.91. The number of rotatable bonds is 7. The van der Waals surface area contributed by atoms with Gasteiger partial charge in [-0.1, -0.05) is 6.92 Å². The zero-order valence-corrected chi connectivity index (χ0v) is 10.6. The molecule has 0 saturated heterocycles. The summed E-state index contributed by atoms with van der Waals surface area (Å²) in [4.78, 5) is 11.8. The van der Waals surface area contributed by atoms with Crippen molar-refractivity contribution >= 4 is 5.78 Å². The molecule has 17 heavy (non-hydrogen) atoms. The van der Waals surface area contributed by atoms with Crippen LogP contribution in [0.5, 0.6) is 0 Å². The van der Waals surface area contributed by atoms with E-state index in [0.29, 0.717) is 6.42 Å². The van der Waals surface area contributed by atoms with E-state index in [-0.39, 0.29) is 18.4 Å². The van der Waals surface area contributed by atoms with Crippen molar-refractivity contribution in [3.63, 3.8) is 0 Å². The monoisotopic (exact) mass is 238 g/mol. The molecule has 0 amide bonds. The molecule has 1 heterocycles. The second-order valence-corrected chi connectivity index (χ2v) is 4.42. The number of aliphatic hydroxyl groups excluding tert-OH is 1. The summed E-state index contributed by atoms with van der Waals surface area (Å²) in [6, 6.07) is 3.66. The molecule has 96 valence electrons. The summed E-state index contributed by atoms with van der Waals surface area (Å²) in [5.41, 5.74) is 7.51. The number of nitrogens with zero attached hydrogens (tertiary/aromatic N) is 1. The summed E-state index contributed by atoms with van der Waals surface area (Å²) >= 11 is 0. The van der Waals surface area contributed by atoms with Crippen LogP contribution in [-0.2, 0) is 13.5 Å². The molecular weight excluding hydrogens is 216 g/mol. The molecular formula is C13H22N2O2. The molecule has 1 aromatic rings. The number of aryl methyl sites for hydroxylation is 1. The number of hydrogen-bond acceptors (Lipinski definition) is 3. The fraction of sp³-hybridized carbons (Fsp3) is 0.615. The molecule has 4 heteroatoms. The van der Waals surface area contributed by atoms with Gasteiger partial charge in [-0.15, -0.1) is 0 Å². The fourth-order valence-corrected chi connectivity index (χ4v) is 1.86. The van der Waals surface area contributed by atoms with E-state index in [1.165, 1.54) is 0 Å². The number of aliphatic hydroxyl groups is 1. The molecule has 0 aromatic carbocycles. The van der Waals surface area contributed by atoms with E-state index in [1.807, 2.05) is 30.7 Å². The van der Waals surface area contributed by atoms with Crippen molar-refractivity contribution < 1.29 is 9.90 Å². The summed E-state index contributed by atoms with van der Waals surface area (Å²) in [6.07, 6.45) is 2.98. The molecule has 0 bridgehead atoms. The summed E-state index contributed by atoms with van der Waals surface area (Å²) < 4.78 is 1.93. The topological polar surface area (TPSA) is 68.2 Å². The molecule has 0 spiro atoms. The van der Waals surface area contributed by atoms with Crippen molar-refractivity contribution in [2.75, 3.05) is 6.61 Å². The molecule has 0 saturated carbocycles. The van der Waals surface area contributed by atoms with Gasteiger partial charge in [0.05, 0.1) is 12.3 Å². The lowest BCUT2D eigenvalue weighted by molar-refractivity contribution is 0.0973. The van der Waals surface area contributed by atoms with E-state index in [4.69, 9.17) is 10.8 Å². The highest BCUT2D eigenvalue weighted by Gasteiger charge is 2.12. The van der Waals surface area contributed by atoms with Crippen LogP contribution < -0.4 is 5.73 Å². The molecule has 0 unspecified atom stereocenters. The number of carbonyl (C=O) groups is 1. The molecule has 4 nitrogen and oxygen atoms in total. The maximum absolute atomic E-state index is 11.8. The van der Waals surface area contributed by atoms with Crippen LogP contribution >= 0.6 is 0 Å².